The van der Waals surface area contributed by atoms with Crippen LogP contribution >= 0.6 is 23.2 Å². The minimum atomic E-state index is -4.51. The zero-order valence-corrected chi connectivity index (χ0v) is 19.1. The lowest BCUT2D eigenvalue weighted by Gasteiger charge is -2.35. The highest BCUT2D eigenvalue weighted by molar-refractivity contribution is 6.33. The van der Waals surface area contributed by atoms with Crippen molar-refractivity contribution in [1.29, 1.82) is 0 Å². The number of nitrogens with zero attached hydrogens (tertiary/aromatic N) is 5. The Balaban J connectivity index is 1.48. The molecule has 1 fully saturated rings. The minimum Gasteiger partial charge on any atom is -0.352 e. The van der Waals surface area contributed by atoms with E-state index in [0.29, 0.717) is 43.2 Å². The van der Waals surface area contributed by atoms with Crippen molar-refractivity contribution in [3.8, 4) is 5.69 Å². The second-order valence-electron chi connectivity index (χ2n) is 7.56. The highest BCUT2D eigenvalue weighted by Crippen LogP contribution is 2.34. The quantitative estimate of drug-likeness (QED) is 0.502. The maximum Gasteiger partial charge on any atom is 0.417 e. The maximum absolute atomic E-state index is 13.2. The van der Waals surface area contributed by atoms with Gasteiger partial charge in [-0.3, -0.25) is 4.79 Å². The molecular weight excluding hydrogens is 478 g/mol. The van der Waals surface area contributed by atoms with Gasteiger partial charge in [-0.2, -0.15) is 18.3 Å². The Morgan fingerprint density at radius 1 is 1.09 bits per heavy atom. The van der Waals surface area contributed by atoms with E-state index in [1.807, 2.05) is 19.1 Å². The Kier molecular flexibility index (Phi) is 6.54. The summed E-state index contributed by atoms with van der Waals surface area (Å²) < 4.78 is 40.3. The van der Waals surface area contributed by atoms with E-state index < -0.39 is 11.7 Å². The normalized spacial score (nSPS) is 14.6. The molecule has 0 radical (unpaired) electrons. The summed E-state index contributed by atoms with van der Waals surface area (Å²) in [7, 11) is 0. The molecular formula is C22H20Cl2F3N5O. The fraction of sp³-hybridized carbons (Fsp3) is 0.318. The summed E-state index contributed by atoms with van der Waals surface area (Å²) in [5.74, 6) is 0.131. The van der Waals surface area contributed by atoms with Crippen LogP contribution in [0, 0.1) is 0 Å². The van der Waals surface area contributed by atoms with Gasteiger partial charge in [0.1, 0.15) is 5.82 Å². The van der Waals surface area contributed by atoms with Crippen LogP contribution in [0.2, 0.25) is 10.0 Å². The molecule has 3 aromatic rings. The summed E-state index contributed by atoms with van der Waals surface area (Å²) in [5, 5.41) is 4.90. The van der Waals surface area contributed by atoms with Gasteiger partial charge in [-0.25, -0.2) is 9.67 Å². The van der Waals surface area contributed by atoms with Gasteiger partial charge in [-0.15, -0.1) is 0 Å². The highest BCUT2D eigenvalue weighted by atomic mass is 35.5. The Morgan fingerprint density at radius 2 is 1.82 bits per heavy atom. The number of benzene rings is 1. The predicted molar refractivity (Wildman–Crippen MR) is 120 cm³/mol. The van der Waals surface area contributed by atoms with Crippen LogP contribution in [0.5, 0.6) is 0 Å². The molecule has 1 aliphatic heterocycles. The first-order valence-electron chi connectivity index (χ1n) is 10.3. The second-order valence-corrected chi connectivity index (χ2v) is 8.40. The van der Waals surface area contributed by atoms with Gasteiger partial charge in [-0.05, 0) is 30.7 Å². The van der Waals surface area contributed by atoms with Gasteiger partial charge in [0.05, 0.1) is 33.7 Å². The monoisotopic (exact) mass is 497 g/mol. The first-order chi connectivity index (χ1) is 15.7. The molecule has 2 aromatic heterocycles. The van der Waals surface area contributed by atoms with Gasteiger partial charge in [0, 0.05) is 37.4 Å². The first kappa shape index (κ1) is 23.4. The number of piperazine rings is 1. The Hall–Kier alpha value is -2.78. The zero-order chi connectivity index (χ0) is 23.8. The van der Waals surface area contributed by atoms with Crippen LogP contribution in [0.1, 0.15) is 28.5 Å². The second kappa shape index (κ2) is 9.23. The molecule has 1 saturated heterocycles. The van der Waals surface area contributed by atoms with Gasteiger partial charge in [-0.1, -0.05) is 36.2 Å². The number of hydrogen-bond acceptors (Lipinski definition) is 4. The molecule has 0 bridgehead atoms. The van der Waals surface area contributed by atoms with Gasteiger partial charge < -0.3 is 9.80 Å². The van der Waals surface area contributed by atoms with E-state index in [9.17, 15) is 18.0 Å². The molecule has 0 atom stereocenters. The zero-order valence-electron chi connectivity index (χ0n) is 17.6. The van der Waals surface area contributed by atoms with Crippen LogP contribution in [0.25, 0.3) is 5.69 Å². The molecule has 3 heterocycles. The van der Waals surface area contributed by atoms with E-state index in [4.69, 9.17) is 23.2 Å². The number of carbonyl (C=O) groups is 1. The van der Waals surface area contributed by atoms with Crippen molar-refractivity contribution in [2.45, 2.75) is 19.5 Å². The van der Waals surface area contributed by atoms with Crippen molar-refractivity contribution in [3.05, 3.63) is 69.6 Å². The number of pyridine rings is 1. The Labute approximate surface area is 198 Å². The molecule has 33 heavy (non-hydrogen) atoms. The third-order valence-electron chi connectivity index (χ3n) is 5.50. The smallest absolute Gasteiger partial charge is 0.352 e. The van der Waals surface area contributed by atoms with Crippen molar-refractivity contribution in [2.75, 3.05) is 31.1 Å². The van der Waals surface area contributed by atoms with E-state index in [1.165, 1.54) is 0 Å². The fourth-order valence-corrected chi connectivity index (χ4v) is 4.30. The molecule has 1 amide bonds. The van der Waals surface area contributed by atoms with Gasteiger partial charge in [0.15, 0.2) is 0 Å². The molecule has 1 aliphatic rings. The lowest BCUT2D eigenvalue weighted by atomic mass is 10.1. The summed E-state index contributed by atoms with van der Waals surface area (Å²) in [4.78, 5) is 20.6. The predicted octanol–water partition coefficient (Wildman–Crippen LogP) is 5.12. The minimum absolute atomic E-state index is 0.0688. The van der Waals surface area contributed by atoms with Crippen LogP contribution in [0.3, 0.4) is 0 Å². The summed E-state index contributed by atoms with van der Waals surface area (Å²) >= 11 is 12.2. The first-order valence-corrected chi connectivity index (χ1v) is 11.0. The standard InChI is InChI=1S/C22H20Cl2F3N5O/c1-2-19-17(13-29-32(19)16-5-3-4-15(23)11-16)21(33)31-8-6-30(7-9-31)20-18(24)10-14(12-28-20)22(25,26)27/h3-5,10-13H,2,6-9H2,1H3. The Morgan fingerprint density at radius 3 is 2.42 bits per heavy atom. The number of carbonyl (C=O) groups excluding carboxylic acids is 1. The van der Waals surface area contributed by atoms with E-state index in [1.54, 1.807) is 32.8 Å². The number of anilines is 1. The molecule has 174 valence electrons. The van der Waals surface area contributed by atoms with Crippen LogP contribution in [0.15, 0.2) is 42.7 Å². The van der Waals surface area contributed by atoms with Crippen molar-refractivity contribution < 1.29 is 18.0 Å². The van der Waals surface area contributed by atoms with E-state index in [0.717, 1.165) is 23.6 Å². The third kappa shape index (κ3) is 4.79. The summed E-state index contributed by atoms with van der Waals surface area (Å²) in [6, 6.07) is 8.11. The molecule has 6 nitrogen and oxygen atoms in total. The van der Waals surface area contributed by atoms with Crippen LogP contribution in [-0.2, 0) is 12.6 Å². The number of alkyl halides is 3. The summed E-state index contributed by atoms with van der Waals surface area (Å²) in [6.45, 7) is 3.50. The third-order valence-corrected chi connectivity index (χ3v) is 6.02. The molecule has 11 heteroatoms. The Bertz CT molecular complexity index is 1170. The molecule has 0 aliphatic carbocycles. The molecule has 1 aromatic carbocycles. The van der Waals surface area contributed by atoms with Crippen LogP contribution in [-0.4, -0.2) is 51.8 Å². The highest BCUT2D eigenvalue weighted by Gasteiger charge is 2.33. The molecule has 0 saturated carbocycles. The number of amides is 1. The maximum atomic E-state index is 13.2. The fourth-order valence-electron chi connectivity index (χ4n) is 3.83. The van der Waals surface area contributed by atoms with Crippen molar-refractivity contribution in [3.63, 3.8) is 0 Å². The molecule has 4 rings (SSSR count). The van der Waals surface area contributed by atoms with Crippen molar-refractivity contribution in [2.24, 2.45) is 0 Å². The molecule has 0 unspecified atom stereocenters. The molecule has 0 spiro atoms. The lowest BCUT2D eigenvalue weighted by molar-refractivity contribution is -0.137. The number of hydrogen-bond donors (Lipinski definition) is 0. The van der Waals surface area contributed by atoms with Gasteiger partial charge in [0.25, 0.3) is 5.91 Å². The van der Waals surface area contributed by atoms with Crippen LogP contribution in [0.4, 0.5) is 19.0 Å². The van der Waals surface area contributed by atoms with Gasteiger partial charge in [0.2, 0.25) is 0 Å². The number of aromatic nitrogens is 3. The number of halogens is 5. The van der Waals surface area contributed by atoms with E-state index in [-0.39, 0.29) is 16.7 Å². The van der Waals surface area contributed by atoms with Crippen molar-refractivity contribution >= 4 is 34.9 Å². The number of rotatable bonds is 4. The topological polar surface area (TPSA) is 54.3 Å². The van der Waals surface area contributed by atoms with E-state index >= 15 is 0 Å². The summed E-state index contributed by atoms with van der Waals surface area (Å²) in [6.07, 6.45) is -1.58. The largest absolute Gasteiger partial charge is 0.417 e. The van der Waals surface area contributed by atoms with Crippen LogP contribution < -0.4 is 4.90 Å². The van der Waals surface area contributed by atoms with Gasteiger partial charge >= 0.3 is 6.18 Å². The summed E-state index contributed by atoms with van der Waals surface area (Å²) in [5.41, 5.74) is 1.16. The SMILES string of the molecule is CCc1c(C(=O)N2CCN(c3ncc(C(F)(F)F)cc3Cl)CC2)cnn1-c1cccc(Cl)c1. The van der Waals surface area contributed by atoms with E-state index in [2.05, 4.69) is 10.1 Å². The molecule has 0 N–H and O–H groups in total. The van der Waals surface area contributed by atoms with Crippen molar-refractivity contribution in [1.82, 2.24) is 19.7 Å². The average molecular weight is 498 g/mol. The average Bonchev–Trinajstić information content (AvgIpc) is 3.22. The lowest BCUT2D eigenvalue weighted by Crippen LogP contribution is -2.49.